The van der Waals surface area contributed by atoms with Gasteiger partial charge in [-0.15, -0.1) is 5.10 Å². The van der Waals surface area contributed by atoms with Crippen LogP contribution in [0.3, 0.4) is 0 Å². The van der Waals surface area contributed by atoms with Crippen LogP contribution >= 0.6 is 11.6 Å². The van der Waals surface area contributed by atoms with Crippen molar-refractivity contribution in [2.45, 2.75) is 26.2 Å². The molecule has 1 aromatic heterocycles. The normalized spacial score (nSPS) is 11.5. The molecule has 1 aromatic carbocycles. The molecule has 0 amide bonds. The van der Waals surface area contributed by atoms with Crippen LogP contribution in [0.2, 0.25) is 5.15 Å². The summed E-state index contributed by atoms with van der Waals surface area (Å²) in [6.07, 6.45) is 1.72. The van der Waals surface area contributed by atoms with Crippen molar-refractivity contribution in [2.24, 2.45) is 0 Å². The molecular weight excluding hydrogens is 232 g/mol. The van der Waals surface area contributed by atoms with E-state index in [1.807, 2.05) is 6.07 Å². The second kappa shape index (κ2) is 4.46. The maximum absolute atomic E-state index is 5.82. The Hall–Kier alpha value is -1.41. The van der Waals surface area contributed by atoms with Crippen LogP contribution in [-0.4, -0.2) is 10.2 Å². The second-order valence-corrected chi connectivity index (χ2v) is 5.48. The van der Waals surface area contributed by atoms with E-state index >= 15 is 0 Å². The standard InChI is InChI=1S/C14H15ClN2/c1-14(2,3)12-6-4-10(5-7-12)11-8-13(15)17-16-9-11/h4-9H,1-3H3. The van der Waals surface area contributed by atoms with Crippen LogP contribution in [-0.2, 0) is 5.41 Å². The van der Waals surface area contributed by atoms with Gasteiger partial charge in [0.25, 0.3) is 0 Å². The Bertz CT molecular complexity index is 512. The lowest BCUT2D eigenvalue weighted by molar-refractivity contribution is 0.590. The van der Waals surface area contributed by atoms with Crippen molar-refractivity contribution < 1.29 is 0 Å². The zero-order chi connectivity index (χ0) is 12.5. The van der Waals surface area contributed by atoms with Crippen LogP contribution < -0.4 is 0 Å². The molecule has 17 heavy (non-hydrogen) atoms. The highest BCUT2D eigenvalue weighted by Gasteiger charge is 2.13. The molecule has 88 valence electrons. The molecule has 0 aliphatic heterocycles. The first kappa shape index (κ1) is 12.1. The number of rotatable bonds is 1. The second-order valence-electron chi connectivity index (χ2n) is 5.09. The summed E-state index contributed by atoms with van der Waals surface area (Å²) < 4.78 is 0. The van der Waals surface area contributed by atoms with Crippen LogP contribution in [0.5, 0.6) is 0 Å². The predicted octanol–water partition coefficient (Wildman–Crippen LogP) is 4.09. The topological polar surface area (TPSA) is 25.8 Å². The average molecular weight is 247 g/mol. The summed E-state index contributed by atoms with van der Waals surface area (Å²) in [4.78, 5) is 0. The van der Waals surface area contributed by atoms with E-state index in [0.717, 1.165) is 11.1 Å². The lowest BCUT2D eigenvalue weighted by Crippen LogP contribution is -2.10. The maximum Gasteiger partial charge on any atom is 0.152 e. The first-order valence-electron chi connectivity index (χ1n) is 5.56. The number of halogens is 1. The van der Waals surface area contributed by atoms with Crippen LogP contribution in [0.1, 0.15) is 26.3 Å². The van der Waals surface area contributed by atoms with Gasteiger partial charge in [0.05, 0.1) is 6.20 Å². The van der Waals surface area contributed by atoms with Gasteiger partial charge in [0.1, 0.15) is 0 Å². The van der Waals surface area contributed by atoms with Crippen molar-refractivity contribution in [1.29, 1.82) is 0 Å². The van der Waals surface area contributed by atoms with Gasteiger partial charge in [-0.05, 0) is 22.6 Å². The summed E-state index contributed by atoms with van der Waals surface area (Å²) in [7, 11) is 0. The Labute approximate surface area is 107 Å². The fourth-order valence-corrected chi connectivity index (χ4v) is 1.82. The van der Waals surface area contributed by atoms with Gasteiger partial charge in [0.2, 0.25) is 0 Å². The number of hydrogen-bond acceptors (Lipinski definition) is 2. The molecule has 3 heteroatoms. The number of hydrogen-bond donors (Lipinski definition) is 0. The summed E-state index contributed by atoms with van der Waals surface area (Å²) >= 11 is 5.82. The first-order chi connectivity index (χ1) is 7.97. The Morgan fingerprint density at radius 2 is 1.65 bits per heavy atom. The third-order valence-electron chi connectivity index (χ3n) is 2.71. The Morgan fingerprint density at radius 3 is 2.18 bits per heavy atom. The van der Waals surface area contributed by atoms with Crippen molar-refractivity contribution in [1.82, 2.24) is 10.2 Å². The van der Waals surface area contributed by atoms with E-state index < -0.39 is 0 Å². The minimum Gasteiger partial charge on any atom is -0.157 e. The van der Waals surface area contributed by atoms with Crippen molar-refractivity contribution in [3.05, 3.63) is 47.2 Å². The van der Waals surface area contributed by atoms with Gasteiger partial charge in [0, 0.05) is 5.56 Å². The number of nitrogens with zero attached hydrogens (tertiary/aromatic N) is 2. The van der Waals surface area contributed by atoms with Crippen LogP contribution in [0.4, 0.5) is 0 Å². The van der Waals surface area contributed by atoms with Crippen LogP contribution in [0.15, 0.2) is 36.5 Å². The molecule has 1 heterocycles. The summed E-state index contributed by atoms with van der Waals surface area (Å²) in [6.45, 7) is 6.60. The fourth-order valence-electron chi connectivity index (χ4n) is 1.66. The third kappa shape index (κ3) is 2.83. The predicted molar refractivity (Wildman–Crippen MR) is 71.2 cm³/mol. The van der Waals surface area contributed by atoms with E-state index in [0.29, 0.717) is 5.15 Å². The molecule has 0 N–H and O–H groups in total. The zero-order valence-corrected chi connectivity index (χ0v) is 11.0. The molecule has 0 saturated heterocycles. The van der Waals surface area contributed by atoms with Gasteiger partial charge in [-0.1, -0.05) is 56.6 Å². The van der Waals surface area contributed by atoms with E-state index in [1.54, 1.807) is 6.20 Å². The minimum absolute atomic E-state index is 0.173. The highest BCUT2D eigenvalue weighted by atomic mass is 35.5. The van der Waals surface area contributed by atoms with E-state index in [4.69, 9.17) is 11.6 Å². The van der Waals surface area contributed by atoms with Gasteiger partial charge in [-0.25, -0.2) is 0 Å². The molecule has 0 bridgehead atoms. The van der Waals surface area contributed by atoms with Crippen LogP contribution in [0.25, 0.3) is 11.1 Å². The van der Waals surface area contributed by atoms with E-state index in [1.165, 1.54) is 5.56 Å². The molecule has 2 nitrogen and oxygen atoms in total. The molecule has 0 atom stereocenters. The highest BCUT2D eigenvalue weighted by Crippen LogP contribution is 2.26. The van der Waals surface area contributed by atoms with Crippen molar-refractivity contribution in [3.63, 3.8) is 0 Å². The quantitative estimate of drug-likeness (QED) is 0.757. The molecule has 0 aliphatic carbocycles. The van der Waals surface area contributed by atoms with Crippen molar-refractivity contribution >= 4 is 11.6 Å². The molecule has 0 saturated carbocycles. The maximum atomic E-state index is 5.82. The summed E-state index contributed by atoms with van der Waals surface area (Å²) in [6, 6.07) is 10.3. The molecule has 0 spiro atoms. The fraction of sp³-hybridized carbons (Fsp3) is 0.286. The van der Waals surface area contributed by atoms with E-state index in [9.17, 15) is 0 Å². The van der Waals surface area contributed by atoms with Gasteiger partial charge >= 0.3 is 0 Å². The SMILES string of the molecule is CC(C)(C)c1ccc(-c2cnnc(Cl)c2)cc1. The third-order valence-corrected chi connectivity index (χ3v) is 2.89. The van der Waals surface area contributed by atoms with Crippen molar-refractivity contribution in [3.8, 4) is 11.1 Å². The lowest BCUT2D eigenvalue weighted by Gasteiger charge is -2.19. The van der Waals surface area contributed by atoms with Crippen molar-refractivity contribution in [2.75, 3.05) is 0 Å². The van der Waals surface area contributed by atoms with Gasteiger partial charge in [-0.3, -0.25) is 0 Å². The zero-order valence-electron chi connectivity index (χ0n) is 10.2. The van der Waals surface area contributed by atoms with Crippen LogP contribution in [0, 0.1) is 0 Å². The van der Waals surface area contributed by atoms with Gasteiger partial charge in [-0.2, -0.15) is 5.10 Å². The Morgan fingerprint density at radius 1 is 1.00 bits per heavy atom. The summed E-state index contributed by atoms with van der Waals surface area (Å²) in [5.74, 6) is 0. The van der Waals surface area contributed by atoms with E-state index in [2.05, 4.69) is 55.2 Å². The number of benzene rings is 1. The Balaban J connectivity index is 2.36. The lowest BCUT2D eigenvalue weighted by atomic mass is 9.86. The molecule has 0 fully saturated rings. The Kier molecular flexibility index (Phi) is 3.16. The molecule has 2 aromatic rings. The number of aromatic nitrogens is 2. The minimum atomic E-state index is 0.173. The largest absolute Gasteiger partial charge is 0.157 e. The molecule has 0 radical (unpaired) electrons. The molecular formula is C14H15ClN2. The van der Waals surface area contributed by atoms with E-state index in [-0.39, 0.29) is 5.41 Å². The average Bonchev–Trinajstić information content (AvgIpc) is 2.28. The summed E-state index contributed by atoms with van der Waals surface area (Å²) in [5, 5.41) is 8.01. The van der Waals surface area contributed by atoms with Gasteiger partial charge in [0.15, 0.2) is 5.15 Å². The monoisotopic (exact) mass is 246 g/mol. The van der Waals surface area contributed by atoms with Gasteiger partial charge < -0.3 is 0 Å². The summed E-state index contributed by atoms with van der Waals surface area (Å²) in [5.41, 5.74) is 3.58. The highest BCUT2D eigenvalue weighted by molar-refractivity contribution is 6.29. The molecule has 0 aliphatic rings. The molecule has 0 unspecified atom stereocenters. The first-order valence-corrected chi connectivity index (χ1v) is 5.94. The smallest absolute Gasteiger partial charge is 0.152 e. The molecule has 2 rings (SSSR count).